The lowest BCUT2D eigenvalue weighted by Crippen LogP contribution is -2.41. The van der Waals surface area contributed by atoms with E-state index in [0.29, 0.717) is 17.7 Å². The summed E-state index contributed by atoms with van der Waals surface area (Å²) >= 11 is 0. The molecule has 106 valence electrons. The molecule has 1 saturated heterocycles. The predicted octanol–water partition coefficient (Wildman–Crippen LogP) is 1.19. The number of carbonyl (C=O) groups is 1. The van der Waals surface area contributed by atoms with Crippen molar-refractivity contribution in [1.82, 2.24) is 15.4 Å². The zero-order valence-electron chi connectivity index (χ0n) is 11.5. The van der Waals surface area contributed by atoms with Gasteiger partial charge in [0.15, 0.2) is 11.5 Å². The summed E-state index contributed by atoms with van der Waals surface area (Å²) in [5.74, 6) is -0.494. The van der Waals surface area contributed by atoms with Crippen molar-refractivity contribution in [2.24, 2.45) is 5.41 Å². The van der Waals surface area contributed by atoms with Crippen molar-refractivity contribution in [3.8, 4) is 0 Å². The maximum atomic E-state index is 10.7. The number of carboxylic acids is 1. The van der Waals surface area contributed by atoms with Gasteiger partial charge in [0.05, 0.1) is 6.54 Å². The van der Waals surface area contributed by atoms with E-state index in [-0.39, 0.29) is 5.69 Å². The van der Waals surface area contributed by atoms with Gasteiger partial charge < -0.3 is 19.8 Å². The van der Waals surface area contributed by atoms with Gasteiger partial charge >= 0.3 is 5.97 Å². The SMILES string of the molecule is CN1CCC(C)(CNCc2cc(C(=O)O)no2)CC1. The van der Waals surface area contributed by atoms with Crippen LogP contribution >= 0.6 is 0 Å². The highest BCUT2D eigenvalue weighted by atomic mass is 16.5. The molecule has 2 N–H and O–H groups in total. The van der Waals surface area contributed by atoms with Crippen molar-refractivity contribution in [3.05, 3.63) is 17.5 Å². The highest BCUT2D eigenvalue weighted by molar-refractivity contribution is 5.85. The first-order valence-corrected chi connectivity index (χ1v) is 6.57. The van der Waals surface area contributed by atoms with E-state index in [1.165, 1.54) is 18.9 Å². The monoisotopic (exact) mass is 267 g/mol. The van der Waals surface area contributed by atoms with Crippen molar-refractivity contribution < 1.29 is 14.4 Å². The summed E-state index contributed by atoms with van der Waals surface area (Å²) in [4.78, 5) is 13.0. The summed E-state index contributed by atoms with van der Waals surface area (Å²) in [7, 11) is 2.15. The Morgan fingerprint density at radius 1 is 1.58 bits per heavy atom. The molecule has 1 aliphatic heterocycles. The number of aromatic carboxylic acids is 1. The van der Waals surface area contributed by atoms with Crippen LogP contribution in [0.4, 0.5) is 0 Å². The molecule has 6 nitrogen and oxygen atoms in total. The second kappa shape index (κ2) is 5.71. The van der Waals surface area contributed by atoms with Gasteiger partial charge in [-0.05, 0) is 38.4 Å². The molecule has 1 aromatic heterocycles. The largest absolute Gasteiger partial charge is 0.476 e. The molecule has 0 radical (unpaired) electrons. The Balaban J connectivity index is 1.78. The molecule has 2 heterocycles. The van der Waals surface area contributed by atoms with Crippen molar-refractivity contribution in [2.75, 3.05) is 26.7 Å². The Bertz CT molecular complexity index is 436. The van der Waals surface area contributed by atoms with Gasteiger partial charge in [-0.1, -0.05) is 12.1 Å². The molecule has 0 unspecified atom stereocenters. The number of likely N-dealkylation sites (tertiary alicyclic amines) is 1. The fourth-order valence-electron chi connectivity index (χ4n) is 2.32. The second-order valence-corrected chi connectivity index (χ2v) is 5.70. The Morgan fingerprint density at radius 2 is 2.26 bits per heavy atom. The third-order valence-electron chi connectivity index (χ3n) is 3.82. The van der Waals surface area contributed by atoms with E-state index in [1.807, 2.05) is 0 Å². The Kier molecular flexibility index (Phi) is 4.21. The first-order valence-electron chi connectivity index (χ1n) is 6.57. The van der Waals surface area contributed by atoms with Gasteiger partial charge in [-0.3, -0.25) is 0 Å². The fraction of sp³-hybridized carbons (Fsp3) is 0.692. The van der Waals surface area contributed by atoms with Gasteiger partial charge in [-0.2, -0.15) is 0 Å². The molecule has 0 aromatic carbocycles. The smallest absolute Gasteiger partial charge is 0.358 e. The maximum absolute atomic E-state index is 10.7. The summed E-state index contributed by atoms with van der Waals surface area (Å²) in [6, 6.07) is 1.46. The molecule has 0 amide bonds. The molecule has 0 atom stereocenters. The van der Waals surface area contributed by atoms with Crippen LogP contribution in [0, 0.1) is 5.41 Å². The van der Waals surface area contributed by atoms with Crippen molar-refractivity contribution in [1.29, 1.82) is 0 Å². The minimum atomic E-state index is -1.06. The fourth-order valence-corrected chi connectivity index (χ4v) is 2.32. The molecule has 1 aliphatic rings. The van der Waals surface area contributed by atoms with E-state index in [1.54, 1.807) is 0 Å². The number of carboxylic acid groups (broad SMARTS) is 1. The van der Waals surface area contributed by atoms with E-state index in [4.69, 9.17) is 9.63 Å². The molecule has 6 heteroatoms. The third-order valence-corrected chi connectivity index (χ3v) is 3.82. The highest BCUT2D eigenvalue weighted by Gasteiger charge is 2.28. The Labute approximate surface area is 112 Å². The molecule has 2 rings (SSSR count). The zero-order chi connectivity index (χ0) is 13.9. The lowest BCUT2D eigenvalue weighted by molar-refractivity contribution is 0.0685. The van der Waals surface area contributed by atoms with Crippen molar-refractivity contribution in [3.63, 3.8) is 0 Å². The summed E-state index contributed by atoms with van der Waals surface area (Å²) < 4.78 is 4.96. The topological polar surface area (TPSA) is 78.6 Å². The van der Waals surface area contributed by atoms with E-state index < -0.39 is 5.97 Å². The molecular weight excluding hydrogens is 246 g/mol. The second-order valence-electron chi connectivity index (χ2n) is 5.70. The normalized spacial score (nSPS) is 19.5. The molecule has 19 heavy (non-hydrogen) atoms. The molecule has 1 fully saturated rings. The van der Waals surface area contributed by atoms with Gasteiger partial charge in [-0.25, -0.2) is 4.79 Å². The minimum Gasteiger partial charge on any atom is -0.476 e. The van der Waals surface area contributed by atoms with Crippen LogP contribution in [0.5, 0.6) is 0 Å². The van der Waals surface area contributed by atoms with Crippen LogP contribution in [0.3, 0.4) is 0 Å². The zero-order valence-corrected chi connectivity index (χ0v) is 11.5. The van der Waals surface area contributed by atoms with Crippen LogP contribution in [0.1, 0.15) is 36.0 Å². The predicted molar refractivity (Wildman–Crippen MR) is 70.0 cm³/mol. The Hall–Kier alpha value is -1.40. The quantitative estimate of drug-likeness (QED) is 0.834. The van der Waals surface area contributed by atoms with Crippen LogP contribution in [0.15, 0.2) is 10.6 Å². The number of nitrogens with one attached hydrogen (secondary N) is 1. The lowest BCUT2D eigenvalue weighted by atomic mass is 9.80. The van der Waals surface area contributed by atoms with Crippen LogP contribution in [-0.2, 0) is 6.54 Å². The van der Waals surface area contributed by atoms with Gasteiger partial charge in [0, 0.05) is 12.6 Å². The van der Waals surface area contributed by atoms with Crippen LogP contribution < -0.4 is 5.32 Å². The minimum absolute atomic E-state index is 0.0395. The van der Waals surface area contributed by atoms with Crippen molar-refractivity contribution in [2.45, 2.75) is 26.3 Å². The van der Waals surface area contributed by atoms with Gasteiger partial charge in [0.2, 0.25) is 0 Å². The number of rotatable bonds is 5. The van der Waals surface area contributed by atoms with E-state index in [9.17, 15) is 4.79 Å². The van der Waals surface area contributed by atoms with E-state index in [2.05, 4.69) is 29.3 Å². The number of piperidine rings is 1. The number of nitrogens with zero attached hydrogens (tertiary/aromatic N) is 2. The van der Waals surface area contributed by atoms with Crippen LogP contribution in [0.2, 0.25) is 0 Å². The van der Waals surface area contributed by atoms with Crippen LogP contribution in [-0.4, -0.2) is 47.8 Å². The van der Waals surface area contributed by atoms with Gasteiger partial charge in [0.25, 0.3) is 0 Å². The van der Waals surface area contributed by atoms with Gasteiger partial charge in [-0.15, -0.1) is 0 Å². The molecule has 0 aliphatic carbocycles. The number of hydrogen-bond donors (Lipinski definition) is 2. The number of aromatic nitrogens is 1. The molecule has 0 saturated carbocycles. The summed E-state index contributed by atoms with van der Waals surface area (Å²) in [5.41, 5.74) is 0.268. The van der Waals surface area contributed by atoms with Gasteiger partial charge in [0.1, 0.15) is 0 Å². The van der Waals surface area contributed by atoms with E-state index in [0.717, 1.165) is 19.6 Å². The first-order chi connectivity index (χ1) is 8.98. The van der Waals surface area contributed by atoms with E-state index >= 15 is 0 Å². The summed E-state index contributed by atoms with van der Waals surface area (Å²) in [6.07, 6.45) is 2.35. The molecule has 0 bridgehead atoms. The summed E-state index contributed by atoms with van der Waals surface area (Å²) in [5, 5.41) is 15.6. The lowest BCUT2D eigenvalue weighted by Gasteiger charge is -2.38. The standard InChI is InChI=1S/C13H21N3O3/c1-13(3-5-16(2)6-4-13)9-14-8-10-7-11(12(17)18)15-19-10/h7,14H,3-6,8-9H2,1-2H3,(H,17,18). The van der Waals surface area contributed by atoms with Crippen molar-refractivity contribution >= 4 is 5.97 Å². The highest BCUT2D eigenvalue weighted by Crippen LogP contribution is 2.29. The molecular formula is C13H21N3O3. The first kappa shape index (κ1) is 14.0. The molecule has 1 aromatic rings. The third kappa shape index (κ3) is 3.78. The molecule has 0 spiro atoms. The average Bonchev–Trinajstić information content (AvgIpc) is 2.82. The Morgan fingerprint density at radius 3 is 2.84 bits per heavy atom. The maximum Gasteiger partial charge on any atom is 0.358 e. The summed E-state index contributed by atoms with van der Waals surface area (Å²) in [6.45, 7) is 5.97. The average molecular weight is 267 g/mol. The number of hydrogen-bond acceptors (Lipinski definition) is 5. The van der Waals surface area contributed by atoms with Crippen LogP contribution in [0.25, 0.3) is 0 Å².